The van der Waals surface area contributed by atoms with Gasteiger partial charge in [0.15, 0.2) is 18.1 Å². The lowest BCUT2D eigenvalue weighted by atomic mass is 10.2. The second kappa shape index (κ2) is 5.66. The Kier molecular flexibility index (Phi) is 3.94. The van der Waals surface area contributed by atoms with Gasteiger partial charge in [0.05, 0.1) is 4.91 Å². The van der Waals surface area contributed by atoms with Crippen LogP contribution in [0.15, 0.2) is 23.1 Å². The maximum Gasteiger partial charge on any atom is 0.290 e. The van der Waals surface area contributed by atoms with E-state index in [2.05, 4.69) is 5.32 Å². The van der Waals surface area contributed by atoms with E-state index in [1.54, 1.807) is 0 Å². The fraction of sp³-hybridized carbons (Fsp3) is 0.0833. The molecule has 0 aliphatic carbocycles. The van der Waals surface area contributed by atoms with Crippen LogP contribution in [0.2, 0.25) is 0 Å². The molecule has 4 N–H and O–H groups in total. The Balaban J connectivity index is 2.23. The molecular weight excluding hydrogens is 284 g/mol. The summed E-state index contributed by atoms with van der Waals surface area (Å²) < 4.78 is 5.02. The second-order valence-corrected chi connectivity index (χ2v) is 4.85. The first kappa shape index (κ1) is 13.9. The average Bonchev–Trinajstić information content (AvgIpc) is 2.68. The molecule has 8 heteroatoms. The average molecular weight is 294 g/mol. The number of thioether (sulfide) groups is 1. The molecule has 104 valence electrons. The van der Waals surface area contributed by atoms with Gasteiger partial charge < -0.3 is 15.6 Å². The van der Waals surface area contributed by atoms with Crippen molar-refractivity contribution in [2.75, 3.05) is 6.61 Å². The highest BCUT2D eigenvalue weighted by molar-refractivity contribution is 8.18. The number of aromatic hydroxyl groups is 1. The summed E-state index contributed by atoms with van der Waals surface area (Å²) >= 11 is 0.781. The van der Waals surface area contributed by atoms with E-state index in [0.717, 1.165) is 11.8 Å². The number of amides is 3. The van der Waals surface area contributed by atoms with E-state index >= 15 is 0 Å². The third-order valence-corrected chi connectivity index (χ3v) is 3.10. The van der Waals surface area contributed by atoms with Crippen LogP contribution < -0.4 is 15.8 Å². The van der Waals surface area contributed by atoms with Crippen molar-refractivity contribution in [2.45, 2.75) is 0 Å². The highest BCUT2D eigenvalue weighted by Crippen LogP contribution is 2.30. The molecule has 20 heavy (non-hydrogen) atoms. The minimum atomic E-state index is -0.676. The molecule has 1 aliphatic rings. The molecule has 1 aromatic rings. The quantitative estimate of drug-likeness (QED) is 0.699. The number of ether oxygens (including phenoxy) is 1. The molecule has 0 spiro atoms. The number of phenols is 1. The molecule has 1 fully saturated rings. The Morgan fingerprint density at radius 3 is 2.80 bits per heavy atom. The third-order valence-electron chi connectivity index (χ3n) is 2.29. The van der Waals surface area contributed by atoms with Crippen LogP contribution in [0.3, 0.4) is 0 Å². The number of carbonyl (C=O) groups is 3. The molecule has 0 unspecified atom stereocenters. The Labute approximate surface area is 117 Å². The van der Waals surface area contributed by atoms with Crippen molar-refractivity contribution in [3.8, 4) is 11.5 Å². The van der Waals surface area contributed by atoms with Gasteiger partial charge in [-0.2, -0.15) is 0 Å². The Morgan fingerprint density at radius 2 is 2.20 bits per heavy atom. The van der Waals surface area contributed by atoms with Crippen LogP contribution in [-0.2, 0) is 9.59 Å². The SMILES string of the molecule is NC(=O)COc1cc(/C=C2/SC(=O)NC2=O)ccc1O. The van der Waals surface area contributed by atoms with Gasteiger partial charge in [-0.25, -0.2) is 0 Å². The van der Waals surface area contributed by atoms with Crippen molar-refractivity contribution in [1.82, 2.24) is 5.32 Å². The Bertz CT molecular complexity index is 626. The maximum atomic E-state index is 11.4. The highest BCUT2D eigenvalue weighted by Gasteiger charge is 2.25. The summed E-state index contributed by atoms with van der Waals surface area (Å²) in [6, 6.07) is 4.32. The summed E-state index contributed by atoms with van der Waals surface area (Å²) in [4.78, 5) is 33.3. The smallest absolute Gasteiger partial charge is 0.290 e. The summed E-state index contributed by atoms with van der Waals surface area (Å²) in [5.41, 5.74) is 5.48. The Hall–Kier alpha value is -2.48. The van der Waals surface area contributed by atoms with Crippen LogP contribution >= 0.6 is 11.8 Å². The molecule has 1 saturated heterocycles. The largest absolute Gasteiger partial charge is 0.504 e. The predicted molar refractivity (Wildman–Crippen MR) is 71.9 cm³/mol. The van der Waals surface area contributed by atoms with E-state index in [1.807, 2.05) is 0 Å². The van der Waals surface area contributed by atoms with Crippen LogP contribution in [0.5, 0.6) is 11.5 Å². The van der Waals surface area contributed by atoms with Crippen molar-refractivity contribution in [3.05, 3.63) is 28.7 Å². The highest BCUT2D eigenvalue weighted by atomic mass is 32.2. The Morgan fingerprint density at radius 1 is 1.45 bits per heavy atom. The molecule has 0 aromatic heterocycles. The number of imide groups is 1. The van der Waals surface area contributed by atoms with Crippen molar-refractivity contribution in [2.24, 2.45) is 5.73 Å². The minimum absolute atomic E-state index is 0.0629. The molecule has 1 aliphatic heterocycles. The van der Waals surface area contributed by atoms with Gasteiger partial charge in [-0.3, -0.25) is 19.7 Å². The van der Waals surface area contributed by atoms with E-state index in [9.17, 15) is 19.5 Å². The predicted octanol–water partition coefficient (Wildman–Crippen LogP) is 0.580. The number of hydrogen-bond donors (Lipinski definition) is 3. The van der Waals surface area contributed by atoms with Crippen molar-refractivity contribution < 1.29 is 24.2 Å². The van der Waals surface area contributed by atoms with E-state index < -0.39 is 17.1 Å². The van der Waals surface area contributed by atoms with E-state index in [1.165, 1.54) is 24.3 Å². The zero-order valence-corrected chi connectivity index (χ0v) is 10.9. The van der Waals surface area contributed by atoms with Gasteiger partial charge in [0.25, 0.3) is 17.1 Å². The number of benzene rings is 1. The van der Waals surface area contributed by atoms with Crippen LogP contribution in [0.4, 0.5) is 4.79 Å². The first-order valence-corrected chi connectivity index (χ1v) is 6.26. The zero-order chi connectivity index (χ0) is 14.7. The third kappa shape index (κ3) is 3.29. The number of primary amides is 1. The number of phenolic OH excluding ortho intramolecular Hbond substituents is 1. The van der Waals surface area contributed by atoms with Crippen LogP contribution in [0.25, 0.3) is 6.08 Å². The van der Waals surface area contributed by atoms with Crippen molar-refractivity contribution >= 4 is 34.9 Å². The van der Waals surface area contributed by atoms with Gasteiger partial charge in [0.2, 0.25) is 0 Å². The fourth-order valence-corrected chi connectivity index (χ4v) is 2.14. The topological polar surface area (TPSA) is 119 Å². The van der Waals surface area contributed by atoms with E-state index in [-0.39, 0.29) is 23.0 Å². The number of carbonyl (C=O) groups excluding carboxylic acids is 3. The molecule has 2 rings (SSSR count). The molecule has 3 amide bonds. The summed E-state index contributed by atoms with van der Waals surface area (Å²) in [7, 11) is 0. The van der Waals surface area contributed by atoms with Gasteiger partial charge in [0, 0.05) is 0 Å². The molecule has 0 atom stereocenters. The van der Waals surface area contributed by atoms with Crippen LogP contribution in [0.1, 0.15) is 5.56 Å². The number of rotatable bonds is 4. The molecule has 0 saturated carbocycles. The summed E-state index contributed by atoms with van der Waals surface area (Å²) in [5, 5.41) is 11.3. The molecule has 7 nitrogen and oxygen atoms in total. The van der Waals surface area contributed by atoms with Crippen molar-refractivity contribution in [3.63, 3.8) is 0 Å². The molecule has 1 heterocycles. The summed E-state index contributed by atoms with van der Waals surface area (Å²) in [5.74, 6) is -1.25. The lowest BCUT2D eigenvalue weighted by molar-refractivity contribution is -0.120. The number of hydrogen-bond acceptors (Lipinski definition) is 6. The fourth-order valence-electron chi connectivity index (χ4n) is 1.46. The van der Waals surface area contributed by atoms with Gasteiger partial charge >= 0.3 is 0 Å². The lowest BCUT2D eigenvalue weighted by Gasteiger charge is -2.07. The number of nitrogens with one attached hydrogen (secondary N) is 1. The molecule has 1 aromatic carbocycles. The standard InChI is InChI=1S/C12H10N2O5S/c13-10(16)5-19-8-3-6(1-2-7(8)15)4-9-11(17)14-12(18)20-9/h1-4,15H,5H2,(H2,13,16)(H,14,17,18)/b9-4+. The summed E-state index contributed by atoms with van der Waals surface area (Å²) in [6.07, 6.45) is 1.47. The molecular formula is C12H10N2O5S. The molecule has 0 radical (unpaired) electrons. The first-order valence-electron chi connectivity index (χ1n) is 5.44. The van der Waals surface area contributed by atoms with Gasteiger partial charge in [-0.1, -0.05) is 6.07 Å². The normalized spacial score (nSPS) is 16.3. The zero-order valence-electron chi connectivity index (χ0n) is 10.1. The van der Waals surface area contributed by atoms with E-state index in [4.69, 9.17) is 10.5 Å². The van der Waals surface area contributed by atoms with Gasteiger partial charge in [-0.15, -0.1) is 0 Å². The van der Waals surface area contributed by atoms with Crippen LogP contribution in [-0.4, -0.2) is 28.8 Å². The monoisotopic (exact) mass is 294 g/mol. The first-order chi connectivity index (χ1) is 9.45. The van der Waals surface area contributed by atoms with Gasteiger partial charge in [-0.05, 0) is 35.5 Å². The van der Waals surface area contributed by atoms with Crippen LogP contribution in [0, 0.1) is 0 Å². The van der Waals surface area contributed by atoms with E-state index in [0.29, 0.717) is 5.56 Å². The summed E-state index contributed by atoms with van der Waals surface area (Å²) in [6.45, 7) is -0.374. The van der Waals surface area contributed by atoms with Crippen molar-refractivity contribution in [1.29, 1.82) is 0 Å². The number of nitrogens with two attached hydrogens (primary N) is 1. The van der Waals surface area contributed by atoms with Gasteiger partial charge in [0.1, 0.15) is 0 Å². The maximum absolute atomic E-state index is 11.4. The molecule has 0 bridgehead atoms. The minimum Gasteiger partial charge on any atom is -0.504 e. The lowest BCUT2D eigenvalue weighted by Crippen LogP contribution is -2.20. The second-order valence-electron chi connectivity index (χ2n) is 3.83.